The molecule has 128 valence electrons. The summed E-state index contributed by atoms with van der Waals surface area (Å²) in [6.45, 7) is 2.05. The molecule has 3 heteroatoms. The van der Waals surface area contributed by atoms with Gasteiger partial charge >= 0.3 is 0 Å². The summed E-state index contributed by atoms with van der Waals surface area (Å²) in [7, 11) is 1.69. The third-order valence-corrected chi connectivity index (χ3v) is 4.43. The van der Waals surface area contributed by atoms with E-state index in [2.05, 4.69) is 48.3 Å². The zero-order chi connectivity index (χ0) is 17.9. The first-order chi connectivity index (χ1) is 12.8. The summed E-state index contributed by atoms with van der Waals surface area (Å²) in [4.78, 5) is 8.45. The lowest BCUT2D eigenvalue weighted by molar-refractivity contribution is 0.416. The Labute approximate surface area is 153 Å². The van der Waals surface area contributed by atoms with Crippen LogP contribution in [0.5, 0.6) is 5.75 Å². The van der Waals surface area contributed by atoms with Gasteiger partial charge in [0.15, 0.2) is 0 Å². The van der Waals surface area contributed by atoms with Crippen molar-refractivity contribution in [3.8, 4) is 39.7 Å². The van der Waals surface area contributed by atoms with Crippen molar-refractivity contribution < 1.29 is 4.74 Å². The largest absolute Gasteiger partial charge is 0.496 e. The lowest BCUT2D eigenvalue weighted by Gasteiger charge is -2.07. The zero-order valence-corrected chi connectivity index (χ0v) is 14.9. The number of rotatable bonds is 4. The van der Waals surface area contributed by atoms with Gasteiger partial charge in [0.2, 0.25) is 0 Å². The van der Waals surface area contributed by atoms with E-state index in [-0.39, 0.29) is 0 Å². The molecule has 0 spiro atoms. The van der Waals surface area contributed by atoms with Crippen LogP contribution in [0, 0.1) is 6.92 Å². The summed E-state index contributed by atoms with van der Waals surface area (Å²) in [6, 6.07) is 26.7. The number of hydrogen-bond donors (Lipinski definition) is 1. The second kappa shape index (κ2) is 6.89. The van der Waals surface area contributed by atoms with E-state index in [1.807, 2.05) is 42.5 Å². The molecule has 4 rings (SSSR count). The van der Waals surface area contributed by atoms with Crippen LogP contribution in [0.4, 0.5) is 0 Å². The first kappa shape index (κ1) is 16.2. The van der Waals surface area contributed by atoms with Gasteiger partial charge in [-0.2, -0.15) is 0 Å². The van der Waals surface area contributed by atoms with Crippen LogP contribution in [-0.4, -0.2) is 17.1 Å². The highest BCUT2D eigenvalue weighted by molar-refractivity contribution is 5.82. The van der Waals surface area contributed by atoms with Gasteiger partial charge in [0.05, 0.1) is 24.1 Å². The molecule has 0 aliphatic rings. The summed E-state index contributed by atoms with van der Waals surface area (Å²) in [5.74, 6) is 1.62. The Morgan fingerprint density at radius 1 is 0.808 bits per heavy atom. The molecule has 1 N–H and O–H groups in total. The maximum atomic E-state index is 5.58. The lowest BCUT2D eigenvalue weighted by atomic mass is 10.1. The average Bonchev–Trinajstić information content (AvgIpc) is 3.14. The number of nitrogens with one attached hydrogen (secondary N) is 1. The molecule has 0 amide bonds. The summed E-state index contributed by atoms with van der Waals surface area (Å²) in [5, 5.41) is 0. The number of methoxy groups -OCH3 is 1. The molecule has 1 heterocycles. The van der Waals surface area contributed by atoms with Crippen LogP contribution in [0.1, 0.15) is 5.56 Å². The fraction of sp³-hybridized carbons (Fsp3) is 0.0870. The minimum Gasteiger partial charge on any atom is -0.496 e. The second-order valence-electron chi connectivity index (χ2n) is 6.24. The van der Waals surface area contributed by atoms with E-state index in [0.29, 0.717) is 0 Å². The first-order valence-corrected chi connectivity index (χ1v) is 8.62. The van der Waals surface area contributed by atoms with Crippen molar-refractivity contribution in [3.05, 3.63) is 84.4 Å². The van der Waals surface area contributed by atoms with Gasteiger partial charge < -0.3 is 9.72 Å². The Hall–Kier alpha value is -3.33. The standard InChI is InChI=1S/C23H20N2O/c1-16-13-14-19(20(15-16)26-2)23-24-21(17-9-5-3-6-10-17)22(25-23)18-11-7-4-8-12-18/h3-15H,1-2H3,(H,24,25). The van der Waals surface area contributed by atoms with E-state index >= 15 is 0 Å². The van der Waals surface area contributed by atoms with E-state index in [1.54, 1.807) is 7.11 Å². The van der Waals surface area contributed by atoms with Gasteiger partial charge in [-0.05, 0) is 24.6 Å². The Balaban J connectivity index is 1.92. The van der Waals surface area contributed by atoms with Crippen LogP contribution >= 0.6 is 0 Å². The van der Waals surface area contributed by atoms with Crippen LogP contribution < -0.4 is 4.74 Å². The quantitative estimate of drug-likeness (QED) is 0.515. The SMILES string of the molecule is COc1cc(C)ccc1-c1nc(-c2ccccc2)c(-c2ccccc2)[nH]1. The molecule has 0 saturated carbocycles. The van der Waals surface area contributed by atoms with E-state index < -0.39 is 0 Å². The van der Waals surface area contributed by atoms with Crippen molar-refractivity contribution >= 4 is 0 Å². The van der Waals surface area contributed by atoms with Gasteiger partial charge in [0.25, 0.3) is 0 Å². The molecule has 1 aromatic heterocycles. The van der Waals surface area contributed by atoms with E-state index in [4.69, 9.17) is 9.72 Å². The number of ether oxygens (including phenoxy) is 1. The molecule has 0 saturated heterocycles. The molecule has 0 bridgehead atoms. The summed E-state index contributed by atoms with van der Waals surface area (Å²) >= 11 is 0. The molecular weight excluding hydrogens is 320 g/mol. The highest BCUT2D eigenvalue weighted by atomic mass is 16.5. The number of H-pyrrole nitrogens is 1. The van der Waals surface area contributed by atoms with Crippen molar-refractivity contribution in [2.75, 3.05) is 7.11 Å². The molecule has 0 radical (unpaired) electrons. The monoisotopic (exact) mass is 340 g/mol. The molecule has 0 aliphatic heterocycles. The number of hydrogen-bond acceptors (Lipinski definition) is 2. The van der Waals surface area contributed by atoms with Crippen molar-refractivity contribution in [2.24, 2.45) is 0 Å². The van der Waals surface area contributed by atoms with Gasteiger partial charge in [-0.25, -0.2) is 4.98 Å². The molecular formula is C23H20N2O. The third-order valence-electron chi connectivity index (χ3n) is 4.43. The Bertz CT molecular complexity index is 964. The average molecular weight is 340 g/mol. The smallest absolute Gasteiger partial charge is 0.142 e. The Morgan fingerprint density at radius 2 is 1.46 bits per heavy atom. The van der Waals surface area contributed by atoms with Gasteiger partial charge in [0.1, 0.15) is 11.6 Å². The van der Waals surface area contributed by atoms with Gasteiger partial charge in [-0.3, -0.25) is 0 Å². The second-order valence-corrected chi connectivity index (χ2v) is 6.24. The Morgan fingerprint density at radius 3 is 2.12 bits per heavy atom. The van der Waals surface area contributed by atoms with Crippen molar-refractivity contribution in [3.63, 3.8) is 0 Å². The fourth-order valence-electron chi connectivity index (χ4n) is 3.11. The van der Waals surface area contributed by atoms with Crippen LogP contribution in [-0.2, 0) is 0 Å². The third kappa shape index (κ3) is 3.00. The molecule has 26 heavy (non-hydrogen) atoms. The summed E-state index contributed by atoms with van der Waals surface area (Å²) in [5.41, 5.74) is 6.25. The number of imidazole rings is 1. The highest BCUT2D eigenvalue weighted by Gasteiger charge is 2.17. The van der Waals surface area contributed by atoms with Crippen LogP contribution in [0.2, 0.25) is 0 Å². The molecule has 3 nitrogen and oxygen atoms in total. The van der Waals surface area contributed by atoms with Gasteiger partial charge in [-0.1, -0.05) is 66.7 Å². The molecule has 0 unspecified atom stereocenters. The molecule has 4 aromatic rings. The highest BCUT2D eigenvalue weighted by Crippen LogP contribution is 2.36. The Kier molecular flexibility index (Phi) is 4.28. The predicted molar refractivity (Wildman–Crippen MR) is 106 cm³/mol. The topological polar surface area (TPSA) is 37.9 Å². The van der Waals surface area contributed by atoms with Crippen LogP contribution in [0.15, 0.2) is 78.9 Å². The van der Waals surface area contributed by atoms with Crippen LogP contribution in [0.25, 0.3) is 33.9 Å². The number of aryl methyl sites for hydroxylation is 1. The number of aromatic nitrogens is 2. The normalized spacial score (nSPS) is 10.7. The fourth-order valence-corrected chi connectivity index (χ4v) is 3.11. The zero-order valence-electron chi connectivity index (χ0n) is 14.9. The first-order valence-electron chi connectivity index (χ1n) is 8.62. The number of nitrogens with zero attached hydrogens (tertiary/aromatic N) is 1. The van der Waals surface area contributed by atoms with Crippen molar-refractivity contribution in [2.45, 2.75) is 6.92 Å². The molecule has 0 aliphatic carbocycles. The van der Waals surface area contributed by atoms with Gasteiger partial charge in [-0.15, -0.1) is 0 Å². The van der Waals surface area contributed by atoms with Gasteiger partial charge in [0, 0.05) is 11.1 Å². The number of benzene rings is 3. The maximum absolute atomic E-state index is 5.58. The minimum absolute atomic E-state index is 0.805. The predicted octanol–water partition coefficient (Wildman–Crippen LogP) is 5.73. The minimum atomic E-state index is 0.805. The maximum Gasteiger partial charge on any atom is 0.142 e. The van der Waals surface area contributed by atoms with E-state index in [0.717, 1.165) is 45.2 Å². The van der Waals surface area contributed by atoms with E-state index in [9.17, 15) is 0 Å². The molecule has 0 fully saturated rings. The van der Waals surface area contributed by atoms with E-state index in [1.165, 1.54) is 0 Å². The van der Waals surface area contributed by atoms with Crippen LogP contribution in [0.3, 0.4) is 0 Å². The summed E-state index contributed by atoms with van der Waals surface area (Å²) < 4.78 is 5.58. The molecule has 0 atom stereocenters. The summed E-state index contributed by atoms with van der Waals surface area (Å²) in [6.07, 6.45) is 0. The van der Waals surface area contributed by atoms with Crippen molar-refractivity contribution in [1.82, 2.24) is 9.97 Å². The van der Waals surface area contributed by atoms with Crippen molar-refractivity contribution in [1.29, 1.82) is 0 Å². The number of aromatic amines is 1. The lowest BCUT2D eigenvalue weighted by Crippen LogP contribution is -1.90. The molecule has 3 aromatic carbocycles.